The summed E-state index contributed by atoms with van der Waals surface area (Å²) in [6.07, 6.45) is 0. The Kier molecular flexibility index (Phi) is 1.99. The molecule has 0 atom stereocenters. The summed E-state index contributed by atoms with van der Waals surface area (Å²) in [7, 11) is 0. The highest BCUT2D eigenvalue weighted by atomic mass is 35.5. The SMILES string of the molecule is Nc1nc2cc3cc(Cl)c(Cl)cc3cc2[nH]1. The largest absolute Gasteiger partial charge is 0.369 e. The number of hydrogen-bond acceptors (Lipinski definition) is 2. The monoisotopic (exact) mass is 251 g/mol. The summed E-state index contributed by atoms with van der Waals surface area (Å²) in [6.45, 7) is 0. The summed E-state index contributed by atoms with van der Waals surface area (Å²) in [4.78, 5) is 7.14. The van der Waals surface area contributed by atoms with Crippen molar-refractivity contribution in [1.29, 1.82) is 0 Å². The molecule has 3 aromatic rings. The summed E-state index contributed by atoms with van der Waals surface area (Å²) in [5.74, 6) is 0.405. The zero-order valence-electron chi connectivity index (χ0n) is 8.09. The van der Waals surface area contributed by atoms with Gasteiger partial charge in [0.25, 0.3) is 0 Å². The van der Waals surface area contributed by atoms with E-state index in [1.54, 1.807) is 0 Å². The molecule has 16 heavy (non-hydrogen) atoms. The van der Waals surface area contributed by atoms with Crippen molar-refractivity contribution in [1.82, 2.24) is 9.97 Å². The van der Waals surface area contributed by atoms with Gasteiger partial charge in [0.15, 0.2) is 5.95 Å². The van der Waals surface area contributed by atoms with Crippen LogP contribution in [0.25, 0.3) is 21.8 Å². The van der Waals surface area contributed by atoms with Crippen molar-refractivity contribution in [3.05, 3.63) is 34.3 Å². The molecule has 2 aromatic carbocycles. The molecule has 1 aromatic heterocycles. The van der Waals surface area contributed by atoms with Crippen LogP contribution in [0.2, 0.25) is 10.0 Å². The highest BCUT2D eigenvalue weighted by Crippen LogP contribution is 2.30. The fourth-order valence-corrected chi connectivity index (χ4v) is 2.11. The van der Waals surface area contributed by atoms with Crippen LogP contribution < -0.4 is 5.73 Å². The maximum atomic E-state index is 5.96. The number of nitrogens with zero attached hydrogens (tertiary/aromatic N) is 1. The second-order valence-corrected chi connectivity index (χ2v) is 4.42. The summed E-state index contributed by atoms with van der Waals surface area (Å²) in [5, 5.41) is 3.08. The minimum Gasteiger partial charge on any atom is -0.369 e. The summed E-state index contributed by atoms with van der Waals surface area (Å²) in [5.41, 5.74) is 7.31. The predicted molar refractivity (Wildman–Crippen MR) is 68.0 cm³/mol. The van der Waals surface area contributed by atoms with Gasteiger partial charge in [0.2, 0.25) is 0 Å². The topological polar surface area (TPSA) is 54.7 Å². The van der Waals surface area contributed by atoms with Crippen molar-refractivity contribution >= 4 is 51.0 Å². The van der Waals surface area contributed by atoms with Crippen molar-refractivity contribution in [3.63, 3.8) is 0 Å². The van der Waals surface area contributed by atoms with E-state index in [-0.39, 0.29) is 0 Å². The fourth-order valence-electron chi connectivity index (χ4n) is 1.77. The molecule has 0 aliphatic heterocycles. The zero-order chi connectivity index (χ0) is 11.3. The molecular formula is C11H7Cl2N3. The number of hydrogen-bond donors (Lipinski definition) is 2. The third-order valence-corrected chi connectivity index (χ3v) is 3.22. The van der Waals surface area contributed by atoms with Crippen molar-refractivity contribution in [3.8, 4) is 0 Å². The molecule has 80 valence electrons. The van der Waals surface area contributed by atoms with E-state index in [1.165, 1.54) is 0 Å². The molecule has 5 heteroatoms. The van der Waals surface area contributed by atoms with Gasteiger partial charge in [-0.05, 0) is 35.0 Å². The molecule has 0 spiro atoms. The Morgan fingerprint density at radius 2 is 1.62 bits per heavy atom. The van der Waals surface area contributed by atoms with E-state index in [4.69, 9.17) is 28.9 Å². The molecule has 0 saturated heterocycles. The molecule has 3 rings (SSSR count). The van der Waals surface area contributed by atoms with E-state index >= 15 is 0 Å². The third kappa shape index (κ3) is 1.40. The molecule has 0 bridgehead atoms. The molecule has 0 unspecified atom stereocenters. The average molecular weight is 252 g/mol. The number of nitrogen functional groups attached to an aromatic ring is 1. The maximum absolute atomic E-state index is 5.96. The lowest BCUT2D eigenvalue weighted by molar-refractivity contribution is 1.35. The van der Waals surface area contributed by atoms with E-state index in [0.717, 1.165) is 21.8 Å². The molecule has 0 aliphatic carbocycles. The Balaban J connectivity index is 2.45. The van der Waals surface area contributed by atoms with Crippen LogP contribution in [0, 0.1) is 0 Å². The van der Waals surface area contributed by atoms with E-state index in [2.05, 4.69) is 9.97 Å². The lowest BCUT2D eigenvalue weighted by Gasteiger charge is -2.00. The van der Waals surface area contributed by atoms with Crippen LogP contribution in [0.3, 0.4) is 0 Å². The van der Waals surface area contributed by atoms with Gasteiger partial charge in [-0.3, -0.25) is 0 Å². The Morgan fingerprint density at radius 1 is 1.00 bits per heavy atom. The smallest absolute Gasteiger partial charge is 0.198 e. The van der Waals surface area contributed by atoms with Crippen molar-refractivity contribution in [2.45, 2.75) is 0 Å². The van der Waals surface area contributed by atoms with E-state index < -0.39 is 0 Å². The number of benzene rings is 2. The van der Waals surface area contributed by atoms with Crippen LogP contribution in [-0.2, 0) is 0 Å². The third-order valence-electron chi connectivity index (χ3n) is 2.50. The first-order valence-corrected chi connectivity index (χ1v) is 5.43. The van der Waals surface area contributed by atoms with Crippen LogP contribution in [0.5, 0.6) is 0 Å². The zero-order valence-corrected chi connectivity index (χ0v) is 9.60. The molecule has 0 aliphatic rings. The van der Waals surface area contributed by atoms with E-state index in [1.807, 2.05) is 24.3 Å². The Hall–Kier alpha value is -1.45. The Labute approximate surface area is 101 Å². The van der Waals surface area contributed by atoms with E-state index in [9.17, 15) is 0 Å². The number of aromatic amines is 1. The highest BCUT2D eigenvalue weighted by Gasteiger charge is 2.05. The first kappa shape index (κ1) is 9.75. The molecule has 0 fully saturated rings. The lowest BCUT2D eigenvalue weighted by Crippen LogP contribution is -1.84. The van der Waals surface area contributed by atoms with Gasteiger partial charge in [0.1, 0.15) is 0 Å². The van der Waals surface area contributed by atoms with Crippen LogP contribution in [0.4, 0.5) is 5.95 Å². The second-order valence-electron chi connectivity index (χ2n) is 3.60. The molecule has 0 saturated carbocycles. The number of halogens is 2. The summed E-state index contributed by atoms with van der Waals surface area (Å²) < 4.78 is 0. The van der Waals surface area contributed by atoms with E-state index in [0.29, 0.717) is 16.0 Å². The number of H-pyrrole nitrogens is 1. The number of fused-ring (bicyclic) bond motifs is 2. The van der Waals surface area contributed by atoms with Gasteiger partial charge in [0.05, 0.1) is 21.1 Å². The van der Waals surface area contributed by atoms with Gasteiger partial charge < -0.3 is 10.7 Å². The fraction of sp³-hybridized carbons (Fsp3) is 0. The Morgan fingerprint density at radius 3 is 2.31 bits per heavy atom. The number of rotatable bonds is 0. The molecular weight excluding hydrogens is 245 g/mol. The normalized spacial score (nSPS) is 11.4. The van der Waals surface area contributed by atoms with Gasteiger partial charge in [0, 0.05) is 0 Å². The predicted octanol–water partition coefficient (Wildman–Crippen LogP) is 3.61. The van der Waals surface area contributed by atoms with Crippen LogP contribution in [-0.4, -0.2) is 9.97 Å². The summed E-state index contributed by atoms with van der Waals surface area (Å²) in [6, 6.07) is 7.54. The number of nitrogens with two attached hydrogens (primary N) is 1. The number of imidazole rings is 1. The van der Waals surface area contributed by atoms with Crippen LogP contribution in [0.15, 0.2) is 24.3 Å². The minimum atomic E-state index is 0.405. The highest BCUT2D eigenvalue weighted by molar-refractivity contribution is 6.42. The van der Waals surface area contributed by atoms with Crippen molar-refractivity contribution in [2.75, 3.05) is 5.73 Å². The first-order valence-electron chi connectivity index (χ1n) is 4.67. The van der Waals surface area contributed by atoms with Gasteiger partial charge in [-0.1, -0.05) is 23.2 Å². The van der Waals surface area contributed by atoms with Gasteiger partial charge >= 0.3 is 0 Å². The number of nitrogens with one attached hydrogen (secondary N) is 1. The van der Waals surface area contributed by atoms with Gasteiger partial charge in [-0.25, -0.2) is 4.98 Å². The quantitative estimate of drug-likeness (QED) is 0.642. The molecule has 0 radical (unpaired) electrons. The van der Waals surface area contributed by atoms with Crippen LogP contribution >= 0.6 is 23.2 Å². The van der Waals surface area contributed by atoms with Gasteiger partial charge in [-0.2, -0.15) is 0 Å². The molecule has 3 N–H and O–H groups in total. The number of aromatic nitrogens is 2. The maximum Gasteiger partial charge on any atom is 0.198 e. The molecule has 1 heterocycles. The van der Waals surface area contributed by atoms with Gasteiger partial charge in [-0.15, -0.1) is 0 Å². The second kappa shape index (κ2) is 3.27. The average Bonchev–Trinajstić information content (AvgIpc) is 2.56. The minimum absolute atomic E-state index is 0.405. The summed E-state index contributed by atoms with van der Waals surface area (Å²) >= 11 is 11.9. The Bertz CT molecular complexity index is 645. The first-order chi connectivity index (χ1) is 7.63. The van der Waals surface area contributed by atoms with Crippen LogP contribution in [0.1, 0.15) is 0 Å². The standard InChI is InChI=1S/C11H7Cl2N3/c12-7-1-5-3-9-10(16-11(14)15-9)4-6(5)2-8(7)13/h1-4H,(H3,14,15,16). The van der Waals surface area contributed by atoms with Crippen molar-refractivity contribution < 1.29 is 0 Å². The number of anilines is 1. The molecule has 0 amide bonds. The van der Waals surface area contributed by atoms with Crippen molar-refractivity contribution in [2.24, 2.45) is 0 Å². The molecule has 3 nitrogen and oxygen atoms in total. The lowest BCUT2D eigenvalue weighted by atomic mass is 10.1.